The number of carbonyl (C=O) groups excluding carboxylic acids is 4. The normalized spacial score (nSPS) is 14.8. The summed E-state index contributed by atoms with van der Waals surface area (Å²) in [6.07, 6.45) is 89.5. The van der Waals surface area contributed by atoms with Gasteiger partial charge in [0.15, 0.2) is 12.2 Å². The maximum atomic E-state index is 13.1. The second kappa shape index (κ2) is 75.6. The molecule has 5 unspecified atom stereocenters. The van der Waals surface area contributed by atoms with Crippen molar-refractivity contribution < 1.29 is 80.2 Å². The third-order valence-electron chi connectivity index (χ3n) is 15.7. The number of unbranched alkanes of at least 4 members (excludes halogenated alkanes) is 19. The van der Waals surface area contributed by atoms with Crippen LogP contribution in [0.5, 0.6) is 0 Å². The highest BCUT2D eigenvalue weighted by molar-refractivity contribution is 7.47. The van der Waals surface area contributed by atoms with Gasteiger partial charge in [-0.1, -0.05) is 301 Å². The molecule has 3 N–H and O–H groups in total. The standard InChI is InChI=1S/C85H138O17P2/c1-5-9-13-17-21-25-29-33-36-38-39-41-43-47-50-54-58-62-66-70-83(88)96-76-81(102-85(90)72-68-64-60-56-52-48-44-40-37-34-30-26-22-18-14-10-6-2)78-100-104(93,94)98-74-79(86)73-97-103(91,92)99-77-80(101-84(89)71-67-63-59-55-51-45-32-28-24-20-16-12-8-4)75-95-82(87)69-65-61-57-53-49-46-42-35-31-27-23-19-15-11-7-3/h9-11,13-15,21-23,25-27,33-37,39,41-42,44,48-49,53,56,60-61,65,79-81,86H,5-8,12,16-20,24,28-32,38,40,43,45-47,50-52,54-55,57-59,62-64,66-78H2,1-4H3,(H,91,92)(H,93,94)/b13-9-,14-10-,15-11-,25-21-,26-22-,27-23-,36-33-,37-34-,41-39-,42-35-,48-44-,53-49-,60-56-,65-61-. The summed E-state index contributed by atoms with van der Waals surface area (Å²) in [6.45, 7) is 4.32. The lowest BCUT2D eigenvalue weighted by molar-refractivity contribution is -0.161. The molecule has 17 nitrogen and oxygen atoms in total. The predicted molar refractivity (Wildman–Crippen MR) is 426 cm³/mol. The molecule has 0 aromatic rings. The van der Waals surface area contributed by atoms with E-state index >= 15 is 0 Å². The molecule has 0 aromatic carbocycles. The second-order valence-electron chi connectivity index (χ2n) is 25.5. The molecule has 0 heterocycles. The molecule has 0 spiro atoms. The van der Waals surface area contributed by atoms with E-state index in [1.54, 1.807) is 6.08 Å². The van der Waals surface area contributed by atoms with Crippen LogP contribution in [0.1, 0.15) is 285 Å². The molecule has 5 atom stereocenters. The third-order valence-corrected chi connectivity index (χ3v) is 17.6. The lowest BCUT2D eigenvalue weighted by Crippen LogP contribution is -2.30. The number of ether oxygens (including phenoxy) is 4. The van der Waals surface area contributed by atoms with E-state index < -0.39 is 97.5 Å². The van der Waals surface area contributed by atoms with Crippen LogP contribution >= 0.6 is 15.6 Å². The van der Waals surface area contributed by atoms with E-state index in [4.69, 9.17) is 37.0 Å². The van der Waals surface area contributed by atoms with Crippen LogP contribution in [-0.2, 0) is 65.4 Å². The summed E-state index contributed by atoms with van der Waals surface area (Å²) in [7, 11) is -10.0. The quantitative estimate of drug-likeness (QED) is 0.0169. The Morgan fingerprint density at radius 1 is 0.288 bits per heavy atom. The van der Waals surface area contributed by atoms with Crippen LogP contribution in [0.3, 0.4) is 0 Å². The van der Waals surface area contributed by atoms with E-state index in [9.17, 15) is 43.2 Å². The number of phosphoric ester groups is 2. The van der Waals surface area contributed by atoms with Gasteiger partial charge in [0.25, 0.3) is 0 Å². The predicted octanol–water partition coefficient (Wildman–Crippen LogP) is 23.0. The molecule has 0 amide bonds. The number of esters is 4. The monoisotopic (exact) mass is 1490 g/mol. The highest BCUT2D eigenvalue weighted by Crippen LogP contribution is 2.45. The van der Waals surface area contributed by atoms with Gasteiger partial charge in [-0.2, -0.15) is 0 Å². The van der Waals surface area contributed by atoms with Crippen molar-refractivity contribution in [3.63, 3.8) is 0 Å². The molecule has 0 bridgehead atoms. The molecule has 0 aromatic heterocycles. The van der Waals surface area contributed by atoms with Crippen molar-refractivity contribution in [2.24, 2.45) is 0 Å². The summed E-state index contributed by atoms with van der Waals surface area (Å²) in [4.78, 5) is 72.9. The van der Waals surface area contributed by atoms with Gasteiger partial charge in [0.1, 0.15) is 19.3 Å². The molecule has 0 aliphatic heterocycles. The van der Waals surface area contributed by atoms with Crippen molar-refractivity contribution in [1.82, 2.24) is 0 Å². The Morgan fingerprint density at radius 3 is 0.894 bits per heavy atom. The molecule has 0 radical (unpaired) electrons. The smallest absolute Gasteiger partial charge is 0.462 e. The van der Waals surface area contributed by atoms with Gasteiger partial charge in [0, 0.05) is 19.3 Å². The lowest BCUT2D eigenvalue weighted by Gasteiger charge is -2.21. The van der Waals surface area contributed by atoms with E-state index in [1.807, 2.05) is 30.4 Å². The van der Waals surface area contributed by atoms with Crippen LogP contribution in [0.4, 0.5) is 0 Å². The minimum Gasteiger partial charge on any atom is -0.462 e. The molecular formula is C85H138O17P2. The molecule has 590 valence electrons. The minimum absolute atomic E-state index is 0.00529. The van der Waals surface area contributed by atoms with Gasteiger partial charge in [0.05, 0.1) is 32.8 Å². The Labute approximate surface area is 629 Å². The van der Waals surface area contributed by atoms with Crippen molar-refractivity contribution >= 4 is 39.5 Å². The van der Waals surface area contributed by atoms with Gasteiger partial charge in [-0.15, -0.1) is 0 Å². The molecule has 0 fully saturated rings. The first-order chi connectivity index (χ1) is 50.7. The van der Waals surface area contributed by atoms with E-state index in [1.165, 1.54) is 51.4 Å². The zero-order valence-electron chi connectivity index (χ0n) is 64.4. The second-order valence-corrected chi connectivity index (χ2v) is 28.4. The topological polar surface area (TPSA) is 237 Å². The van der Waals surface area contributed by atoms with E-state index in [0.29, 0.717) is 32.1 Å². The van der Waals surface area contributed by atoms with Crippen molar-refractivity contribution in [2.45, 2.75) is 303 Å². The number of rotatable bonds is 72. The van der Waals surface area contributed by atoms with Gasteiger partial charge in [0.2, 0.25) is 0 Å². The molecule has 0 saturated heterocycles. The Kier molecular flexibility index (Phi) is 71.6. The van der Waals surface area contributed by atoms with Crippen molar-refractivity contribution in [1.29, 1.82) is 0 Å². The number of hydrogen-bond acceptors (Lipinski definition) is 15. The molecule has 0 aliphatic rings. The Hall–Kier alpha value is -5.58. The zero-order chi connectivity index (χ0) is 76.0. The van der Waals surface area contributed by atoms with Gasteiger partial charge >= 0.3 is 39.5 Å². The maximum absolute atomic E-state index is 13.1. The van der Waals surface area contributed by atoms with Crippen molar-refractivity contribution in [3.8, 4) is 0 Å². The number of hydrogen-bond donors (Lipinski definition) is 3. The Balaban J connectivity index is 5.49. The fourth-order valence-corrected chi connectivity index (χ4v) is 11.4. The van der Waals surface area contributed by atoms with Crippen LogP contribution in [0.15, 0.2) is 170 Å². The number of carbonyl (C=O) groups is 4. The number of allylic oxidation sites excluding steroid dienone is 27. The number of aliphatic hydroxyl groups is 1. The van der Waals surface area contributed by atoms with Crippen LogP contribution in [0.25, 0.3) is 0 Å². The molecule has 19 heteroatoms. The minimum atomic E-state index is -5.01. The summed E-state index contributed by atoms with van der Waals surface area (Å²) in [6, 6.07) is 0. The first-order valence-corrected chi connectivity index (χ1v) is 42.4. The Morgan fingerprint density at radius 2 is 0.548 bits per heavy atom. The molecule has 104 heavy (non-hydrogen) atoms. The first-order valence-electron chi connectivity index (χ1n) is 39.4. The average Bonchev–Trinajstić information content (AvgIpc) is 0.917. The number of phosphoric acid groups is 2. The molecule has 0 saturated carbocycles. The SMILES string of the molecule is CC/C=C\C/C=C\C/C=C\C/C=C\C/C=C\CCCC(=O)OC(COC(=O)CCCCCCCC/C=C\C/C=C\C/C=C\C/C=C\CC)COP(=O)(O)OCC(O)COP(=O)(O)OCC(COC(=O)C/C=C\C/C=C\C/C=C\C/C=C\C/C=C\CC)OC(=O)CCCCCCCCCCCCCCC. The van der Waals surface area contributed by atoms with Gasteiger partial charge < -0.3 is 33.8 Å². The fourth-order valence-electron chi connectivity index (χ4n) is 9.85. The van der Waals surface area contributed by atoms with Crippen LogP contribution < -0.4 is 0 Å². The van der Waals surface area contributed by atoms with Crippen LogP contribution in [-0.4, -0.2) is 96.7 Å². The molecule has 0 aliphatic carbocycles. The fraction of sp³-hybridized carbons (Fsp3) is 0.624. The maximum Gasteiger partial charge on any atom is 0.472 e. The summed E-state index contributed by atoms with van der Waals surface area (Å²) in [5.41, 5.74) is 0. The van der Waals surface area contributed by atoms with Crippen molar-refractivity contribution in [2.75, 3.05) is 39.6 Å². The average molecular weight is 1490 g/mol. The van der Waals surface area contributed by atoms with Crippen LogP contribution in [0.2, 0.25) is 0 Å². The van der Waals surface area contributed by atoms with E-state index in [-0.39, 0.29) is 25.7 Å². The molecular weight excluding hydrogens is 1350 g/mol. The summed E-state index contributed by atoms with van der Waals surface area (Å²) < 4.78 is 68.4. The summed E-state index contributed by atoms with van der Waals surface area (Å²) >= 11 is 0. The van der Waals surface area contributed by atoms with Gasteiger partial charge in [-0.25, -0.2) is 9.13 Å². The Bertz CT molecular complexity index is 2640. The number of aliphatic hydroxyl groups excluding tert-OH is 1. The largest absolute Gasteiger partial charge is 0.472 e. The van der Waals surface area contributed by atoms with E-state index in [2.05, 4.69) is 161 Å². The highest BCUT2D eigenvalue weighted by atomic mass is 31.2. The van der Waals surface area contributed by atoms with Gasteiger partial charge in [-0.3, -0.25) is 37.3 Å². The highest BCUT2D eigenvalue weighted by Gasteiger charge is 2.30. The lowest BCUT2D eigenvalue weighted by atomic mass is 10.0. The summed E-state index contributed by atoms with van der Waals surface area (Å²) in [5.74, 6) is -2.42. The van der Waals surface area contributed by atoms with Gasteiger partial charge in [-0.05, 0) is 128 Å². The molecule has 0 rings (SSSR count). The van der Waals surface area contributed by atoms with Crippen LogP contribution in [0, 0.1) is 0 Å². The van der Waals surface area contributed by atoms with Crippen molar-refractivity contribution in [3.05, 3.63) is 170 Å². The first kappa shape index (κ1) is 98.4. The third kappa shape index (κ3) is 74.7. The van der Waals surface area contributed by atoms with E-state index in [0.717, 1.165) is 148 Å². The summed E-state index contributed by atoms with van der Waals surface area (Å²) in [5, 5.41) is 10.6. The zero-order valence-corrected chi connectivity index (χ0v) is 66.2.